The summed E-state index contributed by atoms with van der Waals surface area (Å²) >= 11 is 3.25. The number of anilines is 1. The first-order valence-corrected chi connectivity index (χ1v) is 11.7. The molecule has 3 amide bonds. The molecule has 2 N–H and O–H groups in total. The van der Waals surface area contributed by atoms with Gasteiger partial charge in [0.05, 0.1) is 46.8 Å². The van der Waals surface area contributed by atoms with Crippen molar-refractivity contribution in [1.82, 2.24) is 4.90 Å². The van der Waals surface area contributed by atoms with Crippen molar-refractivity contribution in [3.8, 4) is 6.07 Å². The first-order valence-electron chi connectivity index (χ1n) is 10.6. The van der Waals surface area contributed by atoms with Crippen LogP contribution in [0.3, 0.4) is 0 Å². The average molecular weight is 565 g/mol. The van der Waals surface area contributed by atoms with Crippen molar-refractivity contribution in [2.45, 2.75) is 19.1 Å². The maximum atomic E-state index is 13.7. The molecule has 0 aromatic heterocycles. The predicted molar refractivity (Wildman–Crippen MR) is 127 cm³/mol. The second-order valence-electron chi connectivity index (χ2n) is 7.61. The molecule has 0 unspecified atom stereocenters. The molecule has 2 aromatic carbocycles. The number of primary amides is 1. The number of halogens is 4. The maximum absolute atomic E-state index is 13.7. The minimum Gasteiger partial charge on any atom is -0.463 e. The molecule has 0 spiro atoms. The molecule has 0 aliphatic carbocycles. The molecule has 0 saturated carbocycles. The third kappa shape index (κ3) is 5.36. The number of hydrogen-bond donors (Lipinski definition) is 1. The molecule has 0 radical (unpaired) electrons. The Morgan fingerprint density at radius 3 is 2.39 bits per heavy atom. The number of ether oxygens (including phenoxy) is 1. The van der Waals surface area contributed by atoms with Gasteiger partial charge in [0.15, 0.2) is 0 Å². The molecule has 36 heavy (non-hydrogen) atoms. The van der Waals surface area contributed by atoms with Crippen LogP contribution < -0.4 is 10.6 Å². The lowest BCUT2D eigenvalue weighted by Crippen LogP contribution is -2.54. The Balaban J connectivity index is 2.33. The van der Waals surface area contributed by atoms with Crippen molar-refractivity contribution >= 4 is 39.5 Å². The van der Waals surface area contributed by atoms with Crippen LogP contribution >= 0.6 is 15.9 Å². The van der Waals surface area contributed by atoms with Gasteiger partial charge in [-0.15, -0.1) is 0 Å². The van der Waals surface area contributed by atoms with Crippen molar-refractivity contribution in [2.24, 2.45) is 5.73 Å². The van der Waals surface area contributed by atoms with E-state index in [1.807, 2.05) is 6.07 Å². The molecule has 188 valence electrons. The Labute approximate surface area is 212 Å². The number of alkyl halides is 4. The van der Waals surface area contributed by atoms with Crippen LogP contribution in [0, 0.1) is 11.3 Å². The number of hydrogen-bond acceptors (Lipinski definition) is 5. The summed E-state index contributed by atoms with van der Waals surface area (Å²) in [6.07, 6.45) is -4.69. The van der Waals surface area contributed by atoms with Crippen molar-refractivity contribution in [1.29, 1.82) is 5.26 Å². The Kier molecular flexibility index (Phi) is 8.04. The molecule has 0 bridgehead atoms. The zero-order chi connectivity index (χ0) is 26.6. The highest BCUT2D eigenvalue weighted by atomic mass is 79.9. The van der Waals surface area contributed by atoms with Gasteiger partial charge < -0.3 is 15.4 Å². The van der Waals surface area contributed by atoms with Crippen LogP contribution in [0.25, 0.3) is 0 Å². The summed E-state index contributed by atoms with van der Waals surface area (Å²) in [5.74, 6) is -1.74. The van der Waals surface area contributed by atoms with E-state index in [0.717, 1.165) is 28.0 Å². The molecular formula is C24H20BrF3N4O4. The summed E-state index contributed by atoms with van der Waals surface area (Å²) in [5.41, 5.74) is 4.87. The Bertz CT molecular complexity index is 1260. The lowest BCUT2D eigenvalue weighted by molar-refractivity contribution is -0.140. The number of carbonyl (C=O) groups excluding carboxylic acids is 3. The summed E-state index contributed by atoms with van der Waals surface area (Å²) in [6.45, 7) is 0.908. The van der Waals surface area contributed by atoms with E-state index >= 15 is 0 Å². The van der Waals surface area contributed by atoms with Crippen molar-refractivity contribution in [2.75, 3.05) is 23.4 Å². The number of carbonyl (C=O) groups is 3. The van der Waals surface area contributed by atoms with Gasteiger partial charge in [0.2, 0.25) is 5.91 Å². The highest BCUT2D eigenvalue weighted by molar-refractivity contribution is 9.09. The van der Waals surface area contributed by atoms with E-state index in [1.165, 1.54) is 30.3 Å². The van der Waals surface area contributed by atoms with E-state index in [0.29, 0.717) is 11.1 Å². The number of nitrogens with zero attached hydrogens (tertiary/aromatic N) is 3. The summed E-state index contributed by atoms with van der Waals surface area (Å²) in [4.78, 5) is 40.8. The topological polar surface area (TPSA) is 117 Å². The Morgan fingerprint density at radius 2 is 1.86 bits per heavy atom. The van der Waals surface area contributed by atoms with Gasteiger partial charge in [-0.1, -0.05) is 34.1 Å². The zero-order valence-electron chi connectivity index (χ0n) is 18.9. The van der Waals surface area contributed by atoms with Crippen LogP contribution in [-0.4, -0.2) is 41.3 Å². The van der Waals surface area contributed by atoms with Crippen LogP contribution in [-0.2, 0) is 20.5 Å². The van der Waals surface area contributed by atoms with E-state index < -0.39 is 42.2 Å². The first kappa shape index (κ1) is 26.7. The minimum absolute atomic E-state index is 0.0225. The maximum Gasteiger partial charge on any atom is 0.416 e. The molecule has 3 rings (SSSR count). The highest BCUT2D eigenvalue weighted by Crippen LogP contribution is 2.41. The minimum atomic E-state index is -4.69. The van der Waals surface area contributed by atoms with Gasteiger partial charge in [-0.3, -0.25) is 9.69 Å². The van der Waals surface area contributed by atoms with E-state index in [9.17, 15) is 27.6 Å². The van der Waals surface area contributed by atoms with Crippen molar-refractivity contribution < 1.29 is 32.3 Å². The fraction of sp³-hybridized carbons (Fsp3) is 0.250. The standard InChI is InChI=1S/C24H20BrF3N4O4/c1-2-36-22(34)20-18(11-25)32(17-5-3-4-16(10-17)24(26,27)28)23(35)31(13-19(30)33)21(20)15-8-6-14(12-29)7-9-15/h3-10,21H,2,11,13H2,1H3,(H2,30,33)/t21-/m1/s1. The summed E-state index contributed by atoms with van der Waals surface area (Å²) in [5, 5.41) is 9.02. The third-order valence-electron chi connectivity index (χ3n) is 5.34. The normalized spacial score (nSPS) is 16.1. The van der Waals surface area contributed by atoms with Gasteiger partial charge in [-0.05, 0) is 42.8 Å². The monoisotopic (exact) mass is 564 g/mol. The lowest BCUT2D eigenvalue weighted by Gasteiger charge is -2.43. The Hall–Kier alpha value is -3.85. The zero-order valence-corrected chi connectivity index (χ0v) is 20.5. The quantitative estimate of drug-likeness (QED) is 0.398. The number of nitriles is 1. The molecule has 1 heterocycles. The molecule has 2 aromatic rings. The smallest absolute Gasteiger partial charge is 0.416 e. The molecule has 1 atom stereocenters. The van der Waals surface area contributed by atoms with Gasteiger partial charge in [0.1, 0.15) is 6.54 Å². The molecule has 8 nitrogen and oxygen atoms in total. The summed E-state index contributed by atoms with van der Waals surface area (Å²) in [7, 11) is 0. The second-order valence-corrected chi connectivity index (χ2v) is 8.17. The second kappa shape index (κ2) is 10.8. The predicted octanol–water partition coefficient (Wildman–Crippen LogP) is 4.26. The van der Waals surface area contributed by atoms with Crippen LogP contribution in [0.5, 0.6) is 0 Å². The molecule has 0 saturated heterocycles. The fourth-order valence-electron chi connectivity index (χ4n) is 3.86. The number of nitrogens with two attached hydrogens (primary N) is 1. The fourth-order valence-corrected chi connectivity index (χ4v) is 4.41. The van der Waals surface area contributed by atoms with E-state index in [1.54, 1.807) is 6.92 Å². The van der Waals surface area contributed by atoms with Crippen LogP contribution in [0.2, 0.25) is 0 Å². The number of benzene rings is 2. The van der Waals surface area contributed by atoms with Gasteiger partial charge >= 0.3 is 18.2 Å². The summed E-state index contributed by atoms with van der Waals surface area (Å²) in [6, 6.07) is 9.93. The van der Waals surface area contributed by atoms with Gasteiger partial charge in [-0.2, -0.15) is 18.4 Å². The van der Waals surface area contributed by atoms with Gasteiger partial charge in [0, 0.05) is 5.33 Å². The van der Waals surface area contributed by atoms with Crippen molar-refractivity contribution in [3.05, 3.63) is 76.5 Å². The molecule has 1 aliphatic heterocycles. The SMILES string of the molecule is CCOC(=O)C1=C(CBr)N(c2cccc(C(F)(F)F)c2)C(=O)N(CC(N)=O)[C@@H]1c1ccc(C#N)cc1. The highest BCUT2D eigenvalue weighted by Gasteiger charge is 2.45. The van der Waals surface area contributed by atoms with Gasteiger partial charge in [0.25, 0.3) is 0 Å². The lowest BCUT2D eigenvalue weighted by atomic mass is 9.92. The number of amides is 3. The van der Waals surface area contributed by atoms with E-state index in [-0.39, 0.29) is 28.9 Å². The van der Waals surface area contributed by atoms with Crippen LogP contribution in [0.1, 0.15) is 29.7 Å². The van der Waals surface area contributed by atoms with Crippen LogP contribution in [0.15, 0.2) is 59.8 Å². The number of esters is 1. The first-order chi connectivity index (χ1) is 17.0. The molecule has 12 heteroatoms. The molecule has 0 fully saturated rings. The van der Waals surface area contributed by atoms with Crippen LogP contribution in [0.4, 0.5) is 23.7 Å². The van der Waals surface area contributed by atoms with Crippen molar-refractivity contribution in [3.63, 3.8) is 0 Å². The average Bonchev–Trinajstić information content (AvgIpc) is 2.84. The third-order valence-corrected chi connectivity index (χ3v) is 5.87. The van der Waals surface area contributed by atoms with E-state index in [4.69, 9.17) is 15.7 Å². The number of allylic oxidation sites excluding steroid dienone is 1. The molecule has 1 aliphatic rings. The number of urea groups is 1. The largest absolute Gasteiger partial charge is 0.463 e. The van der Waals surface area contributed by atoms with E-state index in [2.05, 4.69) is 15.9 Å². The Morgan fingerprint density at radius 1 is 1.19 bits per heavy atom. The molecular weight excluding hydrogens is 545 g/mol. The van der Waals surface area contributed by atoms with Gasteiger partial charge in [-0.25, -0.2) is 9.59 Å². The number of rotatable bonds is 7. The summed E-state index contributed by atoms with van der Waals surface area (Å²) < 4.78 is 45.5.